The Bertz CT molecular complexity index is 593. The molecule has 0 saturated heterocycles. The first-order chi connectivity index (χ1) is 9.10. The predicted molar refractivity (Wildman–Crippen MR) is 67.3 cm³/mol. The average molecular weight is 261 g/mol. The molecule has 4 nitrogen and oxygen atoms in total. The fourth-order valence-electron chi connectivity index (χ4n) is 1.66. The van der Waals surface area contributed by atoms with E-state index in [1.165, 1.54) is 24.5 Å². The summed E-state index contributed by atoms with van der Waals surface area (Å²) < 4.78 is 18.1. The number of nitrogens with zero attached hydrogens (tertiary/aromatic N) is 1. The van der Waals surface area contributed by atoms with Crippen LogP contribution in [0.4, 0.5) is 4.39 Å². The fourth-order valence-corrected chi connectivity index (χ4v) is 1.66. The summed E-state index contributed by atoms with van der Waals surface area (Å²) in [7, 11) is 0. The van der Waals surface area contributed by atoms with E-state index in [4.69, 9.17) is 4.74 Å². The number of ether oxygens (including phenoxy) is 1. The molecule has 1 heterocycles. The number of aromatic nitrogens is 1. The molecule has 0 amide bonds. The van der Waals surface area contributed by atoms with Gasteiger partial charge in [-0.2, -0.15) is 0 Å². The largest absolute Gasteiger partial charge is 0.508 e. The number of aromatic hydroxyl groups is 1. The van der Waals surface area contributed by atoms with Crippen molar-refractivity contribution in [2.24, 2.45) is 0 Å². The summed E-state index contributed by atoms with van der Waals surface area (Å²) in [6.07, 6.45) is 2.86. The summed E-state index contributed by atoms with van der Waals surface area (Å²) in [4.78, 5) is 15.5. The van der Waals surface area contributed by atoms with E-state index >= 15 is 0 Å². The molecular weight excluding hydrogens is 249 g/mol. The van der Waals surface area contributed by atoms with Crippen molar-refractivity contribution in [2.45, 2.75) is 6.92 Å². The zero-order valence-electron chi connectivity index (χ0n) is 10.3. The van der Waals surface area contributed by atoms with Crippen LogP contribution in [0.3, 0.4) is 0 Å². The number of carbonyl (C=O) groups is 1. The standard InChI is InChI=1S/C14H12FNO3/c1-2-19-14(18)11-3-10(7-16-8-11)9-4-12(15)6-13(17)5-9/h3-8,17H,2H2,1H3. The molecule has 0 fully saturated rings. The maximum absolute atomic E-state index is 13.2. The van der Waals surface area contributed by atoms with Crippen LogP contribution < -0.4 is 0 Å². The molecule has 1 aromatic carbocycles. The summed E-state index contributed by atoms with van der Waals surface area (Å²) in [6, 6.07) is 5.20. The Morgan fingerprint density at radius 1 is 1.26 bits per heavy atom. The number of esters is 1. The van der Waals surface area contributed by atoms with E-state index in [2.05, 4.69) is 4.98 Å². The molecule has 5 heteroatoms. The van der Waals surface area contributed by atoms with Gasteiger partial charge in [-0.15, -0.1) is 0 Å². The zero-order valence-corrected chi connectivity index (χ0v) is 10.3. The van der Waals surface area contributed by atoms with Crippen molar-refractivity contribution in [1.29, 1.82) is 0 Å². The number of phenols is 1. The van der Waals surface area contributed by atoms with E-state index in [1.54, 1.807) is 13.0 Å². The van der Waals surface area contributed by atoms with Crippen molar-refractivity contribution < 1.29 is 19.0 Å². The first-order valence-electron chi connectivity index (χ1n) is 5.72. The Morgan fingerprint density at radius 2 is 2.05 bits per heavy atom. The van der Waals surface area contributed by atoms with E-state index in [9.17, 15) is 14.3 Å². The quantitative estimate of drug-likeness (QED) is 0.863. The van der Waals surface area contributed by atoms with Gasteiger partial charge in [0.1, 0.15) is 11.6 Å². The van der Waals surface area contributed by atoms with Crippen molar-refractivity contribution in [3.63, 3.8) is 0 Å². The molecule has 0 radical (unpaired) electrons. The molecule has 2 rings (SSSR count). The second kappa shape index (κ2) is 5.48. The Balaban J connectivity index is 2.40. The van der Waals surface area contributed by atoms with Crippen molar-refractivity contribution in [3.8, 4) is 16.9 Å². The highest BCUT2D eigenvalue weighted by Gasteiger charge is 2.09. The topological polar surface area (TPSA) is 59.4 Å². The third kappa shape index (κ3) is 3.07. The summed E-state index contributed by atoms with van der Waals surface area (Å²) in [5.74, 6) is -1.23. The van der Waals surface area contributed by atoms with Gasteiger partial charge in [0.2, 0.25) is 0 Å². The van der Waals surface area contributed by atoms with Crippen LogP contribution in [0.2, 0.25) is 0 Å². The van der Waals surface area contributed by atoms with Gasteiger partial charge < -0.3 is 9.84 Å². The SMILES string of the molecule is CCOC(=O)c1cncc(-c2cc(O)cc(F)c2)c1. The fraction of sp³-hybridized carbons (Fsp3) is 0.143. The van der Waals surface area contributed by atoms with Gasteiger partial charge in [0.15, 0.2) is 0 Å². The minimum absolute atomic E-state index is 0.184. The van der Waals surface area contributed by atoms with E-state index < -0.39 is 11.8 Å². The highest BCUT2D eigenvalue weighted by molar-refractivity contribution is 5.90. The van der Waals surface area contributed by atoms with Gasteiger partial charge >= 0.3 is 5.97 Å². The van der Waals surface area contributed by atoms with E-state index in [0.717, 1.165) is 6.07 Å². The van der Waals surface area contributed by atoms with Crippen LogP contribution in [0.25, 0.3) is 11.1 Å². The number of carbonyl (C=O) groups excluding carboxylic acids is 1. The molecule has 0 aliphatic rings. The molecule has 0 saturated carbocycles. The molecule has 2 aromatic rings. The van der Waals surface area contributed by atoms with Crippen LogP contribution in [0.5, 0.6) is 5.75 Å². The molecule has 0 bridgehead atoms. The van der Waals surface area contributed by atoms with Gasteiger partial charge in [0.05, 0.1) is 12.2 Å². The van der Waals surface area contributed by atoms with Crippen molar-refractivity contribution >= 4 is 5.97 Å². The molecule has 1 aromatic heterocycles. The summed E-state index contributed by atoms with van der Waals surface area (Å²) in [6.45, 7) is 1.98. The lowest BCUT2D eigenvalue weighted by Crippen LogP contribution is -2.05. The van der Waals surface area contributed by atoms with Gasteiger partial charge in [-0.05, 0) is 30.7 Å². The second-order valence-electron chi connectivity index (χ2n) is 3.88. The van der Waals surface area contributed by atoms with Crippen LogP contribution in [0.1, 0.15) is 17.3 Å². The highest BCUT2D eigenvalue weighted by atomic mass is 19.1. The van der Waals surface area contributed by atoms with Crippen molar-refractivity contribution in [2.75, 3.05) is 6.61 Å². The van der Waals surface area contributed by atoms with Gasteiger partial charge in [0.25, 0.3) is 0 Å². The van der Waals surface area contributed by atoms with Gasteiger partial charge in [-0.1, -0.05) is 0 Å². The number of rotatable bonds is 3. The maximum Gasteiger partial charge on any atom is 0.339 e. The lowest BCUT2D eigenvalue weighted by Gasteiger charge is -2.05. The third-order valence-corrected chi connectivity index (χ3v) is 2.47. The van der Waals surface area contributed by atoms with Gasteiger partial charge in [-0.3, -0.25) is 4.98 Å². The highest BCUT2D eigenvalue weighted by Crippen LogP contribution is 2.25. The number of benzene rings is 1. The van der Waals surface area contributed by atoms with Gasteiger partial charge in [0, 0.05) is 24.0 Å². The zero-order chi connectivity index (χ0) is 13.8. The number of pyridine rings is 1. The van der Waals surface area contributed by atoms with E-state index in [0.29, 0.717) is 11.1 Å². The molecule has 0 unspecified atom stereocenters. The number of halogens is 1. The van der Waals surface area contributed by atoms with Crippen molar-refractivity contribution in [3.05, 3.63) is 48.0 Å². The number of phenolic OH excluding ortho intramolecular Hbond substituents is 1. The average Bonchev–Trinajstić information content (AvgIpc) is 2.38. The lowest BCUT2D eigenvalue weighted by atomic mass is 10.1. The molecule has 0 aliphatic heterocycles. The first-order valence-corrected chi connectivity index (χ1v) is 5.72. The molecule has 1 N–H and O–H groups in total. The Kier molecular flexibility index (Phi) is 3.75. The molecular formula is C14H12FNO3. The van der Waals surface area contributed by atoms with Crippen molar-refractivity contribution in [1.82, 2.24) is 4.98 Å². The van der Waals surface area contributed by atoms with Gasteiger partial charge in [-0.25, -0.2) is 9.18 Å². The third-order valence-electron chi connectivity index (χ3n) is 2.47. The maximum atomic E-state index is 13.2. The monoisotopic (exact) mass is 261 g/mol. The molecule has 0 spiro atoms. The van der Waals surface area contributed by atoms with E-state index in [-0.39, 0.29) is 17.9 Å². The van der Waals surface area contributed by atoms with Crippen LogP contribution >= 0.6 is 0 Å². The molecule has 0 atom stereocenters. The Labute approximate surface area is 109 Å². The summed E-state index contributed by atoms with van der Waals surface area (Å²) in [5.41, 5.74) is 1.25. The molecule has 98 valence electrons. The summed E-state index contributed by atoms with van der Waals surface area (Å²) >= 11 is 0. The minimum atomic E-state index is -0.559. The normalized spacial score (nSPS) is 10.2. The van der Waals surface area contributed by atoms with Crippen LogP contribution in [0.15, 0.2) is 36.7 Å². The molecule has 19 heavy (non-hydrogen) atoms. The second-order valence-corrected chi connectivity index (χ2v) is 3.88. The molecule has 0 aliphatic carbocycles. The number of hydrogen-bond donors (Lipinski definition) is 1. The number of hydrogen-bond acceptors (Lipinski definition) is 4. The Morgan fingerprint density at radius 3 is 2.74 bits per heavy atom. The smallest absolute Gasteiger partial charge is 0.339 e. The van der Waals surface area contributed by atoms with Crippen LogP contribution in [-0.4, -0.2) is 22.7 Å². The predicted octanol–water partition coefficient (Wildman–Crippen LogP) is 2.77. The summed E-state index contributed by atoms with van der Waals surface area (Å²) in [5, 5.41) is 9.37. The van der Waals surface area contributed by atoms with Crippen LogP contribution in [-0.2, 0) is 4.74 Å². The lowest BCUT2D eigenvalue weighted by molar-refractivity contribution is 0.0526. The minimum Gasteiger partial charge on any atom is -0.508 e. The Hall–Kier alpha value is -2.43. The van der Waals surface area contributed by atoms with Crippen LogP contribution in [0, 0.1) is 5.82 Å². The first kappa shape index (κ1) is 13.0. The van der Waals surface area contributed by atoms with E-state index in [1.807, 2.05) is 0 Å².